The highest BCUT2D eigenvalue weighted by Gasteiger charge is 2.24. The summed E-state index contributed by atoms with van der Waals surface area (Å²) in [5, 5.41) is 1.28. The molecule has 0 amide bonds. The highest BCUT2D eigenvalue weighted by Crippen LogP contribution is 2.24. The molecule has 6 heteroatoms. The van der Waals surface area contributed by atoms with Crippen LogP contribution in [0.1, 0.15) is 6.92 Å². The molecular weight excluding hydrogens is 328 g/mol. The first-order valence-corrected chi connectivity index (χ1v) is 8.57. The summed E-state index contributed by atoms with van der Waals surface area (Å²) in [5.41, 5.74) is 0.693. The Hall–Kier alpha value is -0.980. The van der Waals surface area contributed by atoms with Crippen molar-refractivity contribution in [2.24, 2.45) is 0 Å². The van der Waals surface area contributed by atoms with Crippen LogP contribution in [-0.4, -0.2) is 36.1 Å². The summed E-state index contributed by atoms with van der Waals surface area (Å²) < 4.78 is 26.8. The van der Waals surface area contributed by atoms with Gasteiger partial charge < -0.3 is 0 Å². The number of rotatable bonds is 5. The number of sulfonamides is 1. The number of halogens is 1. The van der Waals surface area contributed by atoms with Gasteiger partial charge in [-0.25, -0.2) is 8.42 Å². The van der Waals surface area contributed by atoms with Gasteiger partial charge in [-0.15, -0.1) is 0 Å². The van der Waals surface area contributed by atoms with Crippen molar-refractivity contribution in [1.82, 2.24) is 9.29 Å². The Labute approximate surface area is 121 Å². The molecular formula is C13H15BrN2O2S. The fraction of sp³-hybridized carbons (Fsp3) is 0.308. The van der Waals surface area contributed by atoms with Crippen LogP contribution in [0.4, 0.5) is 0 Å². The number of hydrogen-bond donors (Lipinski definition) is 0. The normalized spacial score (nSPS) is 12.2. The van der Waals surface area contributed by atoms with Gasteiger partial charge in [-0.2, -0.15) is 4.31 Å². The van der Waals surface area contributed by atoms with E-state index in [4.69, 9.17) is 0 Å². The molecule has 1 aromatic heterocycles. The van der Waals surface area contributed by atoms with Crippen LogP contribution in [0.5, 0.6) is 0 Å². The van der Waals surface area contributed by atoms with Crippen LogP contribution in [0.3, 0.4) is 0 Å². The lowest BCUT2D eigenvalue weighted by Crippen LogP contribution is -2.32. The zero-order chi connectivity index (χ0) is 13.9. The van der Waals surface area contributed by atoms with Gasteiger partial charge in [-0.05, 0) is 24.3 Å². The number of nitrogens with zero attached hydrogens (tertiary/aromatic N) is 2. The summed E-state index contributed by atoms with van der Waals surface area (Å²) in [5.74, 6) is 0. The van der Waals surface area contributed by atoms with Crippen LogP contribution in [0, 0.1) is 0 Å². The molecule has 1 heterocycles. The predicted molar refractivity (Wildman–Crippen MR) is 80.0 cm³/mol. The van der Waals surface area contributed by atoms with E-state index in [1.807, 2.05) is 13.0 Å². The van der Waals surface area contributed by atoms with Gasteiger partial charge in [-0.1, -0.05) is 28.9 Å². The first kappa shape index (κ1) is 14.4. The minimum absolute atomic E-state index is 0.320. The standard InChI is InChI=1S/C13H15BrN2O2S/c1-2-16(10-8-14)19(17,18)13-7-3-6-12-11(13)5-4-9-15-12/h3-7,9H,2,8,10H2,1H3. The van der Waals surface area contributed by atoms with Gasteiger partial charge in [0.15, 0.2) is 0 Å². The quantitative estimate of drug-likeness (QED) is 0.785. The van der Waals surface area contributed by atoms with Crippen LogP contribution in [-0.2, 0) is 10.0 Å². The number of alkyl halides is 1. The summed E-state index contributed by atoms with van der Waals surface area (Å²) in [6.45, 7) is 2.74. The summed E-state index contributed by atoms with van der Waals surface area (Å²) in [6, 6.07) is 8.72. The summed E-state index contributed by atoms with van der Waals surface area (Å²) >= 11 is 3.29. The molecule has 0 unspecified atom stereocenters. The Balaban J connectivity index is 2.60. The van der Waals surface area contributed by atoms with Crippen LogP contribution < -0.4 is 0 Å². The van der Waals surface area contributed by atoms with Gasteiger partial charge >= 0.3 is 0 Å². The van der Waals surface area contributed by atoms with E-state index in [0.29, 0.717) is 34.2 Å². The Bertz CT molecular complexity index is 668. The number of hydrogen-bond acceptors (Lipinski definition) is 3. The van der Waals surface area contributed by atoms with Gasteiger partial charge in [-0.3, -0.25) is 4.98 Å². The Morgan fingerprint density at radius 3 is 2.74 bits per heavy atom. The fourth-order valence-corrected chi connectivity index (χ4v) is 4.30. The first-order valence-electron chi connectivity index (χ1n) is 6.01. The van der Waals surface area contributed by atoms with Crippen LogP contribution in [0.15, 0.2) is 41.4 Å². The SMILES string of the molecule is CCN(CCBr)S(=O)(=O)c1cccc2ncccc12. The molecule has 0 bridgehead atoms. The Morgan fingerprint density at radius 1 is 1.26 bits per heavy atom. The zero-order valence-corrected chi connectivity index (χ0v) is 13.0. The second-order valence-corrected chi connectivity index (χ2v) is 6.71. The van der Waals surface area contributed by atoms with E-state index in [1.165, 1.54) is 4.31 Å². The molecule has 4 nitrogen and oxygen atoms in total. The van der Waals surface area contributed by atoms with E-state index < -0.39 is 10.0 Å². The molecule has 2 rings (SSSR count). The highest BCUT2D eigenvalue weighted by atomic mass is 79.9. The summed E-state index contributed by atoms with van der Waals surface area (Å²) in [4.78, 5) is 4.51. The number of fused-ring (bicyclic) bond motifs is 1. The fourth-order valence-electron chi connectivity index (χ4n) is 1.98. The molecule has 0 aliphatic carbocycles. The lowest BCUT2D eigenvalue weighted by Gasteiger charge is -2.20. The van der Waals surface area contributed by atoms with E-state index in [-0.39, 0.29) is 0 Å². The van der Waals surface area contributed by atoms with E-state index in [2.05, 4.69) is 20.9 Å². The highest BCUT2D eigenvalue weighted by molar-refractivity contribution is 9.09. The van der Waals surface area contributed by atoms with E-state index in [9.17, 15) is 8.42 Å². The van der Waals surface area contributed by atoms with Crippen molar-refractivity contribution < 1.29 is 8.42 Å². The molecule has 0 saturated heterocycles. The number of benzene rings is 1. The van der Waals surface area contributed by atoms with Gasteiger partial charge in [0.25, 0.3) is 0 Å². The lowest BCUT2D eigenvalue weighted by atomic mass is 10.2. The van der Waals surface area contributed by atoms with Crippen molar-refractivity contribution in [1.29, 1.82) is 0 Å². The average molecular weight is 343 g/mol. The molecule has 2 aromatic rings. The maximum absolute atomic E-state index is 12.6. The Morgan fingerprint density at radius 2 is 2.05 bits per heavy atom. The van der Waals surface area contributed by atoms with Crippen molar-refractivity contribution >= 4 is 36.9 Å². The van der Waals surface area contributed by atoms with E-state index in [1.54, 1.807) is 30.5 Å². The van der Waals surface area contributed by atoms with Gasteiger partial charge in [0.2, 0.25) is 10.0 Å². The van der Waals surface area contributed by atoms with Crippen molar-refractivity contribution in [2.45, 2.75) is 11.8 Å². The summed E-state index contributed by atoms with van der Waals surface area (Å²) in [6.07, 6.45) is 1.66. The minimum atomic E-state index is -3.48. The molecule has 0 spiro atoms. The molecule has 0 atom stereocenters. The van der Waals surface area contributed by atoms with Gasteiger partial charge in [0.1, 0.15) is 0 Å². The molecule has 19 heavy (non-hydrogen) atoms. The monoisotopic (exact) mass is 342 g/mol. The van der Waals surface area contributed by atoms with E-state index >= 15 is 0 Å². The maximum atomic E-state index is 12.6. The van der Waals surface area contributed by atoms with Crippen LogP contribution in [0.2, 0.25) is 0 Å². The number of aromatic nitrogens is 1. The molecule has 0 fully saturated rings. The molecule has 0 aliphatic rings. The molecule has 0 radical (unpaired) electrons. The zero-order valence-electron chi connectivity index (χ0n) is 10.6. The van der Waals surface area contributed by atoms with Gasteiger partial charge in [0, 0.05) is 30.0 Å². The topological polar surface area (TPSA) is 50.3 Å². The third-order valence-corrected chi connectivity index (χ3v) is 5.30. The molecule has 0 aliphatic heterocycles. The predicted octanol–water partition coefficient (Wildman–Crippen LogP) is 2.64. The average Bonchev–Trinajstić information content (AvgIpc) is 2.43. The van der Waals surface area contributed by atoms with Gasteiger partial charge in [0.05, 0.1) is 10.4 Å². The second kappa shape index (κ2) is 5.98. The molecule has 102 valence electrons. The van der Waals surface area contributed by atoms with Crippen molar-refractivity contribution in [3.8, 4) is 0 Å². The second-order valence-electron chi connectivity index (χ2n) is 4.01. The Kier molecular flexibility index (Phi) is 4.54. The van der Waals surface area contributed by atoms with E-state index in [0.717, 1.165) is 0 Å². The van der Waals surface area contributed by atoms with Crippen molar-refractivity contribution in [2.75, 3.05) is 18.4 Å². The number of pyridine rings is 1. The summed E-state index contributed by atoms with van der Waals surface area (Å²) in [7, 11) is -3.48. The van der Waals surface area contributed by atoms with Crippen LogP contribution >= 0.6 is 15.9 Å². The lowest BCUT2D eigenvalue weighted by molar-refractivity contribution is 0.449. The maximum Gasteiger partial charge on any atom is 0.243 e. The smallest absolute Gasteiger partial charge is 0.243 e. The first-order chi connectivity index (χ1) is 9.11. The third kappa shape index (κ3) is 2.80. The third-order valence-electron chi connectivity index (χ3n) is 2.91. The molecule has 0 N–H and O–H groups in total. The largest absolute Gasteiger partial charge is 0.256 e. The van der Waals surface area contributed by atoms with Crippen LogP contribution in [0.25, 0.3) is 10.9 Å². The molecule has 1 aromatic carbocycles. The van der Waals surface area contributed by atoms with Crippen molar-refractivity contribution in [3.63, 3.8) is 0 Å². The molecule has 0 saturated carbocycles. The van der Waals surface area contributed by atoms with Crippen molar-refractivity contribution in [3.05, 3.63) is 36.5 Å². The minimum Gasteiger partial charge on any atom is -0.256 e.